The van der Waals surface area contributed by atoms with E-state index in [9.17, 15) is 10.3 Å². The van der Waals surface area contributed by atoms with Gasteiger partial charge in [-0.3, -0.25) is 4.79 Å². The first-order chi connectivity index (χ1) is 43.9. The van der Waals surface area contributed by atoms with Crippen molar-refractivity contribution in [1.82, 2.24) is 0 Å². The van der Waals surface area contributed by atoms with Crippen molar-refractivity contribution < 1.29 is 66.4 Å². The van der Waals surface area contributed by atoms with Crippen LogP contribution in [0.15, 0.2) is 108 Å². The van der Waals surface area contributed by atoms with Crippen molar-refractivity contribution in [3.05, 3.63) is 130 Å². The number of esters is 1. The van der Waals surface area contributed by atoms with Gasteiger partial charge in [-0.15, -0.1) is 0 Å². The van der Waals surface area contributed by atoms with Crippen molar-refractivity contribution in [3.63, 3.8) is 0 Å². The van der Waals surface area contributed by atoms with Gasteiger partial charge in [-0.2, -0.15) is 0 Å². The van der Waals surface area contributed by atoms with Gasteiger partial charge >= 0.3 is 5.97 Å². The second-order valence-electron chi connectivity index (χ2n) is 31.2. The number of rotatable bonds is 19. The monoisotopic (exact) mass is 1270 g/mol. The molecule has 8 fully saturated rings. The number of ether oxygens (including phenoxy) is 12. The van der Waals surface area contributed by atoms with Gasteiger partial charge in [0.1, 0.15) is 42.2 Å². The quantitative estimate of drug-likeness (QED) is 0.0275. The number of fused-ring (bicyclic) bond motifs is 8. The summed E-state index contributed by atoms with van der Waals surface area (Å²) in [5.41, 5.74) is 12.6. The molecule has 3 aromatic carbocycles. The van der Waals surface area contributed by atoms with Crippen LogP contribution in [0.5, 0.6) is 0 Å². The lowest BCUT2D eigenvalue weighted by Crippen LogP contribution is -2.68. The summed E-state index contributed by atoms with van der Waals surface area (Å²) in [6.07, 6.45) is 2.24. The number of hydrogen-bond donors (Lipinski definition) is 0. The Morgan fingerprint density at radius 2 is 1.34 bits per heavy atom. The van der Waals surface area contributed by atoms with Crippen molar-refractivity contribution in [2.24, 2.45) is 73.1 Å². The maximum absolute atomic E-state index is 16.5. The fourth-order valence-electron chi connectivity index (χ4n) is 19.5. The molecule has 13 unspecified atom stereocenters. The van der Waals surface area contributed by atoms with Crippen LogP contribution in [0.2, 0.25) is 0 Å². The first-order valence-corrected chi connectivity index (χ1v) is 34.4. The summed E-state index contributed by atoms with van der Waals surface area (Å²) in [6, 6.07) is 29.2. The number of carbonyl (C=O) groups excluding carboxylic acids is 2. The van der Waals surface area contributed by atoms with Crippen LogP contribution in [-0.4, -0.2) is 118 Å². The Morgan fingerprint density at radius 3 is 1.99 bits per heavy atom. The van der Waals surface area contributed by atoms with Gasteiger partial charge in [0.2, 0.25) is 6.29 Å². The highest BCUT2D eigenvalue weighted by Gasteiger charge is 2.72. The topological polar surface area (TPSA) is 194 Å². The van der Waals surface area contributed by atoms with Crippen LogP contribution < -0.4 is 0 Å². The van der Waals surface area contributed by atoms with Gasteiger partial charge < -0.3 is 61.6 Å². The van der Waals surface area contributed by atoms with Crippen LogP contribution in [0, 0.1) is 68.0 Å². The largest absolute Gasteiger partial charge is 0.432 e. The molecule has 92 heavy (non-hydrogen) atoms. The Balaban J connectivity index is 0.840. The number of carbonyl (C=O) groups is 2. The van der Waals surface area contributed by atoms with Gasteiger partial charge in [0, 0.05) is 23.4 Å². The molecule has 0 spiro atoms. The van der Waals surface area contributed by atoms with Gasteiger partial charge in [0.15, 0.2) is 18.4 Å². The zero-order chi connectivity index (χ0) is 65.2. The van der Waals surface area contributed by atoms with Crippen LogP contribution in [0.1, 0.15) is 158 Å². The fourth-order valence-corrected chi connectivity index (χ4v) is 19.5. The zero-order valence-electron chi connectivity index (χ0n) is 56.7. The van der Waals surface area contributed by atoms with E-state index in [-0.39, 0.29) is 70.8 Å². The van der Waals surface area contributed by atoms with Crippen molar-refractivity contribution in [3.8, 4) is 0 Å². The second-order valence-corrected chi connectivity index (χ2v) is 31.2. The van der Waals surface area contributed by atoms with E-state index >= 15 is 4.79 Å². The number of azide groups is 1. The predicted molar refractivity (Wildman–Crippen MR) is 345 cm³/mol. The highest BCUT2D eigenvalue weighted by atomic mass is 16.8. The molecule has 5 aliphatic carbocycles. The lowest BCUT2D eigenvalue weighted by atomic mass is 9.33. The van der Waals surface area contributed by atoms with E-state index in [1.807, 2.05) is 119 Å². The van der Waals surface area contributed by atoms with Crippen LogP contribution in [-0.2, 0) is 86.3 Å². The van der Waals surface area contributed by atoms with E-state index in [1.54, 1.807) is 7.11 Å². The summed E-state index contributed by atoms with van der Waals surface area (Å²) in [6.45, 7) is 27.6. The molecule has 0 N–H and O–H groups in total. The summed E-state index contributed by atoms with van der Waals surface area (Å²) in [4.78, 5) is 33.0. The molecule has 17 heteroatoms. The lowest BCUT2D eigenvalue weighted by Gasteiger charge is -2.71. The SMILES string of the molecule is CO[C@H]1C[C@]2(C)C(=CCC3C4(C)CC[C@H](C)[C@](C)(C=O)[C@@H]4CC[C@@]32C)C2CC(C)(C)CCC21C(=O)O[C@@H]1O[C@@H](COCc2ccccc2)C(N=[N+]=[N-])C(C)C1O[C@@H]1O[C@H](C)C(O[C@@H]2OCC(OCc3ccccc3)C(OCc3ccccc3)C2C)C2OC(C)(C)OC21. The number of nitrogens with zero attached hydrogens (tertiary/aromatic N) is 3. The minimum Gasteiger partial charge on any atom is -0.432 e. The van der Waals surface area contributed by atoms with E-state index < -0.39 is 96.8 Å². The molecule has 3 aromatic rings. The van der Waals surface area contributed by atoms with Gasteiger partial charge in [-0.1, -0.05) is 170 Å². The third kappa shape index (κ3) is 12.2. The molecule has 0 amide bonds. The van der Waals surface area contributed by atoms with E-state index in [1.165, 1.54) is 11.9 Å². The number of benzene rings is 3. The highest BCUT2D eigenvalue weighted by molar-refractivity contribution is 5.80. The molecule has 24 atom stereocenters. The van der Waals surface area contributed by atoms with Crippen LogP contribution in [0.25, 0.3) is 10.4 Å². The first-order valence-electron chi connectivity index (χ1n) is 34.4. The van der Waals surface area contributed by atoms with Crippen molar-refractivity contribution >= 4 is 12.3 Å². The number of allylic oxidation sites excluding steroid dienone is 2. The number of hydrogen-bond acceptors (Lipinski definition) is 15. The molecule has 9 aliphatic rings. The smallest absolute Gasteiger partial charge is 0.317 e. The van der Waals surface area contributed by atoms with Crippen LogP contribution in [0.4, 0.5) is 0 Å². The Hall–Kier alpha value is -4.59. The third-order valence-corrected chi connectivity index (χ3v) is 25.1. The summed E-state index contributed by atoms with van der Waals surface area (Å²) >= 11 is 0. The van der Waals surface area contributed by atoms with Crippen molar-refractivity contribution in [2.75, 3.05) is 20.3 Å². The maximum atomic E-state index is 16.5. The minimum atomic E-state index is -1.33. The normalized spacial score (nSPS) is 43.5. The molecule has 4 heterocycles. The van der Waals surface area contributed by atoms with Gasteiger partial charge in [0.25, 0.3) is 0 Å². The summed E-state index contributed by atoms with van der Waals surface area (Å²) in [7, 11) is 1.76. The average molecular weight is 1270 g/mol. The standard InChI is InChI=1S/C75H103N3O14/c1-45-31-33-71(9)56(72(45,10)44-79)32-34-73(11)57(71)30-29-52-53-37-69(5,6)35-36-75(53,58(81-13)38-74(52,73)12)68(80)90-66-61(46(2)59(77-78-76)54(87-66)42-82-39-49-23-17-14-18-24-49)88-67-64-63(91-70(7,8)92-64)62(48(4)86-67)89-65-47(3)60(84-41-51-27-21-16-22-28-51)55(43-85-65)83-40-50-25-19-15-20-26-50/h14-29,44-48,53-67H,30-43H2,1-13H3/t45-,46?,47?,48+,53?,54-,55?,56+,57?,58-,59?,60?,61?,62?,63?,64?,65-,66-,67-,71?,72-,73-,74+,75?/m0/s1. The lowest BCUT2D eigenvalue weighted by molar-refractivity contribution is -0.354. The average Bonchev–Trinajstić information content (AvgIpc) is 0.745. The minimum absolute atomic E-state index is 0.0346. The van der Waals surface area contributed by atoms with Crippen LogP contribution >= 0.6 is 0 Å². The molecule has 0 radical (unpaired) electrons. The van der Waals surface area contributed by atoms with E-state index in [0.29, 0.717) is 37.9 Å². The summed E-state index contributed by atoms with van der Waals surface area (Å²) in [5, 5.41) is 4.38. The zero-order valence-corrected chi connectivity index (χ0v) is 56.7. The van der Waals surface area contributed by atoms with E-state index in [4.69, 9.17) is 56.8 Å². The molecule has 0 aromatic heterocycles. The Morgan fingerprint density at radius 1 is 0.696 bits per heavy atom. The maximum Gasteiger partial charge on any atom is 0.317 e. The molecule has 0 bridgehead atoms. The molecule has 4 saturated carbocycles. The first kappa shape index (κ1) is 67.4. The number of aldehydes is 1. The van der Waals surface area contributed by atoms with Crippen molar-refractivity contribution in [2.45, 2.75) is 246 Å². The summed E-state index contributed by atoms with van der Waals surface area (Å²) in [5.74, 6) is -1.67. The van der Waals surface area contributed by atoms with Gasteiger partial charge in [-0.05, 0) is 152 Å². The van der Waals surface area contributed by atoms with Crippen LogP contribution in [0.3, 0.4) is 0 Å². The molecule has 4 saturated heterocycles. The predicted octanol–water partition coefficient (Wildman–Crippen LogP) is 14.2. The molecular weight excluding hydrogens is 1170 g/mol. The summed E-state index contributed by atoms with van der Waals surface area (Å²) < 4.78 is 82.2. The molecule has 4 aliphatic heterocycles. The fraction of sp³-hybridized carbons (Fsp3) is 0.707. The number of methoxy groups -OCH3 is 1. The van der Waals surface area contributed by atoms with E-state index in [0.717, 1.165) is 61.6 Å². The molecular formula is C75H103N3O14. The molecule has 502 valence electrons. The van der Waals surface area contributed by atoms with Crippen molar-refractivity contribution in [1.29, 1.82) is 0 Å². The Labute approximate surface area is 545 Å². The molecule has 17 nitrogen and oxygen atoms in total. The van der Waals surface area contributed by atoms with E-state index in [2.05, 4.69) is 71.5 Å². The highest BCUT2D eigenvalue weighted by Crippen LogP contribution is 2.76. The second kappa shape index (κ2) is 26.4. The third-order valence-electron chi connectivity index (χ3n) is 25.1. The van der Waals surface area contributed by atoms with Gasteiger partial charge in [0.05, 0.1) is 63.5 Å². The van der Waals surface area contributed by atoms with Gasteiger partial charge in [-0.25, -0.2) is 0 Å². The Bertz CT molecular complexity index is 3130. The molecule has 12 rings (SSSR count). The Kier molecular flexibility index (Phi) is 19.4.